The molecule has 19 heteroatoms. The Bertz CT molecular complexity index is 1420. The Morgan fingerprint density at radius 3 is 2.49 bits per heavy atom. The van der Waals surface area contributed by atoms with Gasteiger partial charge in [0.2, 0.25) is 5.60 Å². The molecule has 1 fully saturated rings. The summed E-state index contributed by atoms with van der Waals surface area (Å²) in [5, 5.41) is 27.4. The maximum atomic E-state index is 13.0. The molecule has 210 valence electrons. The number of hydrogen-bond donors (Lipinski definition) is 4. The Hall–Kier alpha value is -4.20. The molecular weight excluding hydrogens is 564 g/mol. The topological polar surface area (TPSA) is 254 Å². The number of carbonyl (C=O) groups excluding carboxylic acids is 3. The van der Waals surface area contributed by atoms with Gasteiger partial charge in [0.05, 0.1) is 11.5 Å². The second kappa shape index (κ2) is 11.3. The minimum Gasteiger partial charge on any atom is -0.458 e. The van der Waals surface area contributed by atoms with Crippen LogP contribution in [0.1, 0.15) is 25.1 Å². The molecule has 39 heavy (non-hydrogen) atoms. The highest BCUT2D eigenvalue weighted by atomic mass is 32.2. The third-order valence-electron chi connectivity index (χ3n) is 5.24. The van der Waals surface area contributed by atoms with Crippen molar-refractivity contribution in [3.05, 3.63) is 51.0 Å². The van der Waals surface area contributed by atoms with Gasteiger partial charge in [-0.2, -0.15) is 8.42 Å². The molecule has 1 aromatic carbocycles. The fourth-order valence-corrected chi connectivity index (χ4v) is 4.60. The van der Waals surface area contributed by atoms with Crippen molar-refractivity contribution < 1.29 is 47.0 Å². The van der Waals surface area contributed by atoms with Crippen molar-refractivity contribution in [1.82, 2.24) is 14.6 Å². The summed E-state index contributed by atoms with van der Waals surface area (Å²) in [6, 6.07) is 2.26. The van der Waals surface area contributed by atoms with Crippen LogP contribution in [0.5, 0.6) is 0 Å². The van der Waals surface area contributed by atoms with Crippen molar-refractivity contribution in [3.8, 4) is 0 Å². The number of amides is 2. The summed E-state index contributed by atoms with van der Waals surface area (Å²) in [6.45, 7) is 1.40. The summed E-state index contributed by atoms with van der Waals surface area (Å²) in [7, 11) is -4.98. The number of rotatable bonds is 11. The van der Waals surface area contributed by atoms with Gasteiger partial charge in [0.1, 0.15) is 24.4 Å². The number of nitrogens with one attached hydrogen (secondary N) is 1. The van der Waals surface area contributed by atoms with E-state index in [2.05, 4.69) is 15.5 Å². The molecule has 1 aliphatic heterocycles. The highest BCUT2D eigenvalue weighted by Gasteiger charge is 2.54. The summed E-state index contributed by atoms with van der Waals surface area (Å²) in [5.41, 5.74) is 3.51. The van der Waals surface area contributed by atoms with Crippen LogP contribution < -0.4 is 11.1 Å². The number of nitrogens with zero attached hydrogens (tertiary/aromatic N) is 4. The molecule has 0 spiro atoms. The highest BCUT2D eigenvalue weighted by molar-refractivity contribution is 7.84. The minimum absolute atomic E-state index is 0.0101. The molecule has 0 radical (unpaired) electrons. The van der Waals surface area contributed by atoms with Gasteiger partial charge in [0.15, 0.2) is 10.8 Å². The lowest BCUT2D eigenvalue weighted by Crippen LogP contribution is -2.73. The molecule has 2 aromatic rings. The van der Waals surface area contributed by atoms with Crippen LogP contribution in [0.25, 0.3) is 0 Å². The quantitative estimate of drug-likeness (QED) is 0.0639. The van der Waals surface area contributed by atoms with Crippen molar-refractivity contribution >= 4 is 56.0 Å². The largest absolute Gasteiger partial charge is 0.458 e. The van der Waals surface area contributed by atoms with Gasteiger partial charge in [-0.15, -0.1) is 11.3 Å². The Morgan fingerprint density at radius 2 is 1.97 bits per heavy atom. The van der Waals surface area contributed by atoms with Crippen LogP contribution in [-0.4, -0.2) is 80.1 Å². The van der Waals surface area contributed by atoms with Gasteiger partial charge in [0, 0.05) is 17.5 Å². The lowest BCUT2D eigenvalue weighted by atomic mass is 9.99. The molecule has 0 bridgehead atoms. The van der Waals surface area contributed by atoms with E-state index in [1.165, 1.54) is 43.5 Å². The molecule has 17 nitrogen and oxygen atoms in total. The van der Waals surface area contributed by atoms with E-state index in [4.69, 9.17) is 19.9 Å². The first kappa shape index (κ1) is 29.4. The molecule has 3 rings (SSSR count). The SMILES string of the molecule is CC(C)(O/N=C(\C(=O)NC1C(=O)N(S(=O)(=O)O)C1CO)c1csc(N)n1)C(=O)OCc1ccc([N+](=O)[O-])cc1. The first-order chi connectivity index (χ1) is 18.2. The summed E-state index contributed by atoms with van der Waals surface area (Å²) in [6.07, 6.45) is 0. The number of esters is 1. The number of hydrogen-bond acceptors (Lipinski definition) is 14. The van der Waals surface area contributed by atoms with Crippen molar-refractivity contribution in [1.29, 1.82) is 0 Å². The molecule has 0 aliphatic carbocycles. The van der Waals surface area contributed by atoms with Crippen LogP contribution in [0.2, 0.25) is 0 Å². The standard InChI is InChI=1S/C20H22N6O11S2/c1-20(2,18(30)36-8-10-3-5-11(6-4-10)26(31)32)37-24-14(12-9-38-19(21)22-12)16(28)23-15-13(7-27)25(17(15)29)39(33,34)35/h3-6,9,13,15,27H,7-8H2,1-2H3,(H2,21,22)(H,23,28)(H,33,34,35)/b24-14-. The number of nitrogens with two attached hydrogens (primary N) is 1. The molecule has 1 aliphatic rings. The number of oxime groups is 1. The fraction of sp³-hybridized carbons (Fsp3) is 0.350. The molecule has 2 amide bonds. The third kappa shape index (κ3) is 6.63. The maximum absolute atomic E-state index is 13.0. The Kier molecular flexibility index (Phi) is 8.48. The van der Waals surface area contributed by atoms with E-state index in [1.807, 2.05) is 0 Å². The second-order valence-corrected chi connectivity index (χ2v) is 10.6. The van der Waals surface area contributed by atoms with Gasteiger partial charge in [-0.05, 0) is 31.5 Å². The Labute approximate surface area is 224 Å². The predicted molar refractivity (Wildman–Crippen MR) is 132 cm³/mol. The van der Waals surface area contributed by atoms with E-state index in [0.29, 0.717) is 5.56 Å². The average molecular weight is 587 g/mol. The smallest absolute Gasteiger partial charge is 0.362 e. The molecule has 5 N–H and O–H groups in total. The number of thiazole rings is 1. The van der Waals surface area contributed by atoms with E-state index in [-0.39, 0.29) is 27.4 Å². The van der Waals surface area contributed by atoms with Crippen molar-refractivity contribution in [2.75, 3.05) is 12.3 Å². The van der Waals surface area contributed by atoms with E-state index in [9.17, 15) is 38.0 Å². The summed E-state index contributed by atoms with van der Waals surface area (Å²) in [5.74, 6) is -3.22. The first-order valence-corrected chi connectivity index (χ1v) is 13.0. The van der Waals surface area contributed by atoms with Crippen LogP contribution in [0, 0.1) is 10.1 Å². The summed E-state index contributed by atoms with van der Waals surface area (Å²) >= 11 is 0.935. The monoisotopic (exact) mass is 586 g/mol. The number of nitrogen functional groups attached to an aromatic ring is 1. The number of aliphatic hydroxyl groups excluding tert-OH is 1. The van der Waals surface area contributed by atoms with Crippen LogP contribution in [0.4, 0.5) is 10.8 Å². The lowest BCUT2D eigenvalue weighted by molar-refractivity contribution is -0.384. The first-order valence-electron chi connectivity index (χ1n) is 10.8. The fourth-order valence-electron chi connectivity index (χ4n) is 3.18. The summed E-state index contributed by atoms with van der Waals surface area (Å²) in [4.78, 5) is 57.1. The molecule has 0 saturated carbocycles. The van der Waals surface area contributed by atoms with Gasteiger partial charge < -0.3 is 25.7 Å². The van der Waals surface area contributed by atoms with Crippen LogP contribution in [0.15, 0.2) is 34.8 Å². The molecule has 1 saturated heterocycles. The van der Waals surface area contributed by atoms with Gasteiger partial charge in [-0.1, -0.05) is 5.16 Å². The number of benzene rings is 1. The number of ether oxygens (including phenoxy) is 1. The number of β-lactam (4-membered cyclic amide) rings is 1. The van der Waals surface area contributed by atoms with Gasteiger partial charge in [-0.25, -0.2) is 14.1 Å². The van der Waals surface area contributed by atoms with Crippen molar-refractivity contribution in [2.45, 2.75) is 38.1 Å². The normalized spacial score (nSPS) is 17.8. The number of nitro benzene ring substituents is 1. The zero-order valence-electron chi connectivity index (χ0n) is 20.2. The van der Waals surface area contributed by atoms with Crippen LogP contribution in [0.3, 0.4) is 0 Å². The van der Waals surface area contributed by atoms with Gasteiger partial charge in [0.25, 0.3) is 17.5 Å². The van der Waals surface area contributed by atoms with E-state index >= 15 is 0 Å². The van der Waals surface area contributed by atoms with E-state index in [0.717, 1.165) is 11.3 Å². The van der Waals surface area contributed by atoms with E-state index < -0.39 is 63.0 Å². The van der Waals surface area contributed by atoms with E-state index in [1.54, 1.807) is 0 Å². The molecular formula is C20H22N6O11S2. The minimum atomic E-state index is -4.98. The molecule has 2 unspecified atom stereocenters. The number of aliphatic hydroxyl groups is 1. The van der Waals surface area contributed by atoms with Gasteiger partial charge >= 0.3 is 16.3 Å². The molecule has 1 aromatic heterocycles. The molecule has 2 atom stereocenters. The Balaban J connectivity index is 1.74. The van der Waals surface area contributed by atoms with Crippen molar-refractivity contribution in [3.63, 3.8) is 0 Å². The number of nitro groups is 1. The number of non-ortho nitro benzene ring substituents is 1. The maximum Gasteiger partial charge on any atom is 0.362 e. The predicted octanol–water partition coefficient (Wildman–Crippen LogP) is -0.633. The zero-order chi connectivity index (χ0) is 29.1. The molecule has 2 heterocycles. The van der Waals surface area contributed by atoms with Crippen LogP contribution in [-0.2, 0) is 40.9 Å². The number of aromatic nitrogens is 1. The van der Waals surface area contributed by atoms with Gasteiger partial charge in [-0.3, -0.25) is 24.3 Å². The van der Waals surface area contributed by atoms with Crippen LogP contribution >= 0.6 is 11.3 Å². The average Bonchev–Trinajstić information content (AvgIpc) is 3.28. The van der Waals surface area contributed by atoms with Crippen molar-refractivity contribution in [2.24, 2.45) is 5.16 Å². The number of carbonyl (C=O) groups is 3. The highest BCUT2D eigenvalue weighted by Crippen LogP contribution is 2.24. The summed E-state index contributed by atoms with van der Waals surface area (Å²) < 4.78 is 37.0. The second-order valence-electron chi connectivity index (χ2n) is 8.43. The zero-order valence-corrected chi connectivity index (χ0v) is 21.8. The Morgan fingerprint density at radius 1 is 1.33 bits per heavy atom. The third-order valence-corrected chi connectivity index (χ3v) is 6.87. The lowest BCUT2D eigenvalue weighted by Gasteiger charge is -2.43. The number of anilines is 1.